The number of rotatable bonds is 10. The lowest BCUT2D eigenvalue weighted by molar-refractivity contribution is -0.140. The third-order valence-corrected chi connectivity index (χ3v) is 4.24. The van der Waals surface area contributed by atoms with Crippen LogP contribution < -0.4 is 15.4 Å². The van der Waals surface area contributed by atoms with E-state index in [1.165, 1.54) is 7.11 Å². The molecule has 0 bridgehead atoms. The minimum atomic E-state index is -0.581. The van der Waals surface area contributed by atoms with Gasteiger partial charge in [0.25, 0.3) is 0 Å². The largest absolute Gasteiger partial charge is 0.494 e. The Labute approximate surface area is 160 Å². The van der Waals surface area contributed by atoms with Crippen molar-refractivity contribution in [3.05, 3.63) is 41.1 Å². The van der Waals surface area contributed by atoms with Crippen LogP contribution in [0.15, 0.2) is 35.5 Å². The Bertz CT molecular complexity index is 669. The Hall–Kier alpha value is -2.54. The van der Waals surface area contributed by atoms with Gasteiger partial charge in [-0.3, -0.25) is 0 Å². The fraction of sp³-hybridized carbons (Fsp3) is 0.500. The fourth-order valence-corrected chi connectivity index (χ4v) is 2.81. The zero-order valence-corrected chi connectivity index (χ0v) is 16.2. The predicted molar refractivity (Wildman–Crippen MR) is 101 cm³/mol. The van der Waals surface area contributed by atoms with Crippen LogP contribution in [0.5, 0.6) is 5.75 Å². The van der Waals surface area contributed by atoms with E-state index in [1.54, 1.807) is 6.92 Å². The van der Waals surface area contributed by atoms with Crippen LogP contribution in [0.25, 0.3) is 0 Å². The van der Waals surface area contributed by atoms with Gasteiger partial charge in [0.2, 0.25) is 0 Å². The number of nitrogens with one attached hydrogen (secondary N) is 2. The second-order valence-corrected chi connectivity index (χ2v) is 6.32. The van der Waals surface area contributed by atoms with Crippen LogP contribution in [0.2, 0.25) is 0 Å². The average molecular weight is 376 g/mol. The van der Waals surface area contributed by atoms with Crippen LogP contribution in [0, 0.1) is 0 Å². The standard InChI is InChI=1S/C20H28N2O5/c1-4-5-6-11-26-16-9-7-15(8-10-16)18-17(14(2)21-20(24)22-18)19(23)27-13-12-25-3/h7-10,18H,4-6,11-13H2,1-3H3,(H2,21,22,24)/t18-/m1/s1. The fourth-order valence-electron chi connectivity index (χ4n) is 2.81. The lowest BCUT2D eigenvalue weighted by Gasteiger charge is -2.28. The number of amides is 2. The van der Waals surface area contributed by atoms with Crippen molar-refractivity contribution < 1.29 is 23.8 Å². The molecule has 0 spiro atoms. The molecule has 1 heterocycles. The second-order valence-electron chi connectivity index (χ2n) is 6.32. The number of urea groups is 1. The third kappa shape index (κ3) is 5.99. The average Bonchev–Trinajstić information content (AvgIpc) is 2.65. The van der Waals surface area contributed by atoms with Crippen molar-refractivity contribution in [2.24, 2.45) is 0 Å². The van der Waals surface area contributed by atoms with Gasteiger partial charge in [0.15, 0.2) is 0 Å². The Morgan fingerprint density at radius 2 is 1.85 bits per heavy atom. The smallest absolute Gasteiger partial charge is 0.338 e. The molecule has 1 atom stereocenters. The second kappa shape index (κ2) is 10.6. The van der Waals surface area contributed by atoms with Gasteiger partial charge < -0.3 is 24.8 Å². The molecule has 7 nitrogen and oxygen atoms in total. The highest BCUT2D eigenvalue weighted by molar-refractivity contribution is 5.95. The zero-order chi connectivity index (χ0) is 19.6. The summed E-state index contributed by atoms with van der Waals surface area (Å²) in [5.41, 5.74) is 1.64. The lowest BCUT2D eigenvalue weighted by Crippen LogP contribution is -2.45. The van der Waals surface area contributed by atoms with Gasteiger partial charge in [0, 0.05) is 12.8 Å². The van der Waals surface area contributed by atoms with Crippen molar-refractivity contribution in [3.63, 3.8) is 0 Å². The highest BCUT2D eigenvalue weighted by Crippen LogP contribution is 2.28. The van der Waals surface area contributed by atoms with Crippen LogP contribution >= 0.6 is 0 Å². The number of esters is 1. The molecule has 27 heavy (non-hydrogen) atoms. The molecule has 1 aliphatic heterocycles. The van der Waals surface area contributed by atoms with E-state index >= 15 is 0 Å². The highest BCUT2D eigenvalue weighted by Gasteiger charge is 2.32. The predicted octanol–water partition coefficient (Wildman–Crippen LogP) is 3.07. The molecule has 0 aliphatic carbocycles. The quantitative estimate of drug-likeness (QED) is 0.484. The van der Waals surface area contributed by atoms with Crippen molar-refractivity contribution >= 4 is 12.0 Å². The minimum Gasteiger partial charge on any atom is -0.494 e. The van der Waals surface area contributed by atoms with E-state index in [9.17, 15) is 9.59 Å². The first-order valence-corrected chi connectivity index (χ1v) is 9.24. The molecular weight excluding hydrogens is 348 g/mol. The lowest BCUT2D eigenvalue weighted by atomic mass is 9.95. The first-order chi connectivity index (χ1) is 13.1. The molecule has 2 N–H and O–H groups in total. The number of benzene rings is 1. The number of allylic oxidation sites excluding steroid dienone is 1. The van der Waals surface area contributed by atoms with Gasteiger partial charge in [-0.25, -0.2) is 9.59 Å². The van der Waals surface area contributed by atoms with E-state index in [2.05, 4.69) is 17.6 Å². The van der Waals surface area contributed by atoms with Gasteiger partial charge in [-0.15, -0.1) is 0 Å². The van der Waals surface area contributed by atoms with Crippen molar-refractivity contribution in [1.29, 1.82) is 0 Å². The first-order valence-electron chi connectivity index (χ1n) is 9.24. The molecule has 0 unspecified atom stereocenters. The summed E-state index contributed by atoms with van der Waals surface area (Å²) in [6.07, 6.45) is 3.30. The summed E-state index contributed by atoms with van der Waals surface area (Å²) in [6, 6.07) is 6.45. The van der Waals surface area contributed by atoms with E-state index < -0.39 is 12.0 Å². The molecular formula is C20H28N2O5. The Morgan fingerprint density at radius 3 is 2.52 bits per heavy atom. The van der Waals surface area contributed by atoms with Crippen LogP contribution in [-0.4, -0.2) is 38.9 Å². The zero-order valence-electron chi connectivity index (χ0n) is 16.2. The Balaban J connectivity index is 2.11. The molecule has 2 rings (SSSR count). The van der Waals surface area contributed by atoms with Gasteiger partial charge >= 0.3 is 12.0 Å². The molecule has 148 valence electrons. The van der Waals surface area contributed by atoms with Crippen LogP contribution in [-0.2, 0) is 14.3 Å². The van der Waals surface area contributed by atoms with Crippen LogP contribution in [0.1, 0.15) is 44.7 Å². The molecule has 0 saturated carbocycles. The molecule has 0 radical (unpaired) electrons. The highest BCUT2D eigenvalue weighted by atomic mass is 16.6. The Morgan fingerprint density at radius 1 is 1.11 bits per heavy atom. The number of unbranched alkanes of at least 4 members (excludes halogenated alkanes) is 2. The van der Waals surface area contributed by atoms with E-state index in [1.807, 2.05) is 24.3 Å². The molecule has 2 amide bonds. The monoisotopic (exact) mass is 376 g/mol. The van der Waals surface area contributed by atoms with Crippen LogP contribution in [0.3, 0.4) is 0 Å². The molecule has 7 heteroatoms. The SMILES string of the molecule is CCCCCOc1ccc([C@H]2NC(=O)NC(C)=C2C(=O)OCCOC)cc1. The molecule has 0 aromatic heterocycles. The molecule has 1 aromatic carbocycles. The topological polar surface area (TPSA) is 85.9 Å². The van der Waals surface area contributed by atoms with Gasteiger partial charge in [-0.05, 0) is 31.0 Å². The maximum atomic E-state index is 12.5. The van der Waals surface area contributed by atoms with Crippen molar-refractivity contribution in [2.75, 3.05) is 26.9 Å². The first kappa shape index (κ1) is 20.8. The van der Waals surface area contributed by atoms with Gasteiger partial charge in [0.1, 0.15) is 12.4 Å². The number of hydrogen-bond acceptors (Lipinski definition) is 5. The summed E-state index contributed by atoms with van der Waals surface area (Å²) >= 11 is 0. The van der Waals surface area contributed by atoms with Crippen molar-refractivity contribution in [2.45, 2.75) is 39.2 Å². The normalized spacial score (nSPS) is 16.6. The summed E-state index contributed by atoms with van der Waals surface area (Å²) in [4.78, 5) is 24.4. The van der Waals surface area contributed by atoms with Gasteiger partial charge in [0.05, 0.1) is 24.8 Å². The third-order valence-electron chi connectivity index (χ3n) is 4.24. The van der Waals surface area contributed by atoms with Gasteiger partial charge in [-0.2, -0.15) is 0 Å². The van der Waals surface area contributed by atoms with E-state index in [0.717, 1.165) is 30.6 Å². The summed E-state index contributed by atoms with van der Waals surface area (Å²) < 4.78 is 15.9. The molecule has 1 aliphatic rings. The molecule has 0 saturated heterocycles. The number of hydrogen-bond donors (Lipinski definition) is 2. The number of ether oxygens (including phenoxy) is 3. The summed E-state index contributed by atoms with van der Waals surface area (Å²) in [5.74, 6) is 0.280. The molecule has 1 aromatic rings. The van der Waals surface area contributed by atoms with Crippen molar-refractivity contribution in [3.8, 4) is 5.75 Å². The molecule has 0 fully saturated rings. The van der Waals surface area contributed by atoms with Gasteiger partial charge in [-0.1, -0.05) is 31.9 Å². The summed E-state index contributed by atoms with van der Waals surface area (Å²) in [6.45, 7) is 4.97. The number of methoxy groups -OCH3 is 1. The van der Waals surface area contributed by atoms with Crippen molar-refractivity contribution in [1.82, 2.24) is 10.6 Å². The van der Waals surface area contributed by atoms with E-state index in [-0.39, 0.29) is 12.6 Å². The van der Waals surface area contributed by atoms with Crippen LogP contribution in [0.4, 0.5) is 4.79 Å². The minimum absolute atomic E-state index is 0.150. The maximum Gasteiger partial charge on any atom is 0.338 e. The number of carbonyl (C=O) groups is 2. The maximum absolute atomic E-state index is 12.5. The van der Waals surface area contributed by atoms with E-state index in [0.29, 0.717) is 24.5 Å². The summed E-state index contributed by atoms with van der Waals surface area (Å²) in [7, 11) is 1.54. The summed E-state index contributed by atoms with van der Waals surface area (Å²) in [5, 5.41) is 5.41. The number of carbonyl (C=O) groups excluding carboxylic acids is 2. The van der Waals surface area contributed by atoms with E-state index in [4.69, 9.17) is 14.2 Å². The Kier molecular flexibility index (Phi) is 8.13.